The molecule has 0 unspecified atom stereocenters. The predicted octanol–water partition coefficient (Wildman–Crippen LogP) is 4.86. The van der Waals surface area contributed by atoms with Gasteiger partial charge in [-0.3, -0.25) is 0 Å². The smallest absolute Gasteiger partial charge is 0.0408 e. The van der Waals surface area contributed by atoms with E-state index >= 15 is 0 Å². The zero-order valence-electron chi connectivity index (χ0n) is 10.3. The van der Waals surface area contributed by atoms with Crippen molar-refractivity contribution in [3.8, 4) is 0 Å². The minimum absolute atomic E-state index is 0.103. The molecule has 2 rings (SSSR count). The maximum absolute atomic E-state index is 6.05. The van der Waals surface area contributed by atoms with Crippen molar-refractivity contribution in [2.45, 2.75) is 25.7 Å². The van der Waals surface area contributed by atoms with Gasteiger partial charge in [0.1, 0.15) is 0 Å². The highest BCUT2D eigenvalue weighted by atomic mass is 35.5. The molecule has 0 saturated carbocycles. The summed E-state index contributed by atoms with van der Waals surface area (Å²) in [7, 11) is 0. The fraction of sp³-hybridized carbons (Fsp3) is 0.250. The first-order valence-electron chi connectivity index (χ1n) is 5.88. The number of halogens is 1. The summed E-state index contributed by atoms with van der Waals surface area (Å²) in [6.07, 6.45) is 1.02. The monoisotopic (exact) mass is 244 g/mol. The molecule has 0 aromatic heterocycles. The quantitative estimate of drug-likeness (QED) is 0.723. The summed E-state index contributed by atoms with van der Waals surface area (Å²) in [4.78, 5) is 0. The highest BCUT2D eigenvalue weighted by molar-refractivity contribution is 6.30. The second-order valence-corrected chi connectivity index (χ2v) is 5.49. The normalized spacial score (nSPS) is 11.5. The van der Waals surface area contributed by atoms with Gasteiger partial charge in [-0.1, -0.05) is 67.9 Å². The Bertz CT molecular complexity index is 486. The fourth-order valence-electron chi connectivity index (χ4n) is 2.12. The topological polar surface area (TPSA) is 0 Å². The maximum atomic E-state index is 6.05. The van der Waals surface area contributed by atoms with Gasteiger partial charge in [0.2, 0.25) is 0 Å². The molecule has 0 heterocycles. The van der Waals surface area contributed by atoms with E-state index in [0.717, 1.165) is 11.4 Å². The molecule has 0 saturated heterocycles. The molecular formula is C16H17Cl. The van der Waals surface area contributed by atoms with E-state index < -0.39 is 0 Å². The molecule has 0 radical (unpaired) electrons. The number of hydrogen-bond donors (Lipinski definition) is 0. The van der Waals surface area contributed by atoms with Crippen molar-refractivity contribution < 1.29 is 0 Å². The van der Waals surface area contributed by atoms with E-state index in [1.165, 1.54) is 11.1 Å². The molecule has 0 nitrogen and oxygen atoms in total. The van der Waals surface area contributed by atoms with Gasteiger partial charge in [0.15, 0.2) is 0 Å². The van der Waals surface area contributed by atoms with Gasteiger partial charge in [0.25, 0.3) is 0 Å². The Hall–Kier alpha value is -1.27. The Balaban J connectivity index is 2.25. The summed E-state index contributed by atoms with van der Waals surface area (Å²) in [6, 6.07) is 18.7. The Kier molecular flexibility index (Phi) is 3.54. The van der Waals surface area contributed by atoms with Crippen LogP contribution in [0.4, 0.5) is 0 Å². The third-order valence-electron chi connectivity index (χ3n) is 3.09. The van der Waals surface area contributed by atoms with E-state index in [0.29, 0.717) is 0 Å². The van der Waals surface area contributed by atoms with Gasteiger partial charge in [-0.15, -0.1) is 0 Å². The molecule has 0 fully saturated rings. The van der Waals surface area contributed by atoms with E-state index in [1.54, 1.807) is 0 Å². The fourth-order valence-corrected chi connectivity index (χ4v) is 2.31. The first-order chi connectivity index (χ1) is 8.08. The van der Waals surface area contributed by atoms with Gasteiger partial charge in [-0.2, -0.15) is 0 Å². The molecule has 2 aromatic carbocycles. The highest BCUT2D eigenvalue weighted by Gasteiger charge is 2.21. The van der Waals surface area contributed by atoms with Crippen LogP contribution in [0.15, 0.2) is 54.6 Å². The number of hydrogen-bond acceptors (Lipinski definition) is 0. The van der Waals surface area contributed by atoms with E-state index in [-0.39, 0.29) is 5.41 Å². The van der Waals surface area contributed by atoms with E-state index in [4.69, 9.17) is 11.6 Å². The molecule has 0 aliphatic carbocycles. The van der Waals surface area contributed by atoms with E-state index in [2.05, 4.69) is 56.3 Å². The summed E-state index contributed by atoms with van der Waals surface area (Å²) in [5.41, 5.74) is 2.75. The van der Waals surface area contributed by atoms with Crippen LogP contribution in [-0.2, 0) is 11.8 Å². The van der Waals surface area contributed by atoms with Crippen molar-refractivity contribution in [3.05, 3.63) is 70.7 Å². The molecular weight excluding hydrogens is 228 g/mol. The van der Waals surface area contributed by atoms with Gasteiger partial charge < -0.3 is 0 Å². The van der Waals surface area contributed by atoms with Crippen LogP contribution in [0.3, 0.4) is 0 Å². The molecule has 0 N–H and O–H groups in total. The molecule has 0 atom stereocenters. The molecule has 17 heavy (non-hydrogen) atoms. The van der Waals surface area contributed by atoms with Gasteiger partial charge in [0.05, 0.1) is 0 Å². The lowest BCUT2D eigenvalue weighted by atomic mass is 9.79. The third-order valence-corrected chi connectivity index (χ3v) is 3.33. The van der Waals surface area contributed by atoms with Crippen LogP contribution in [0.2, 0.25) is 5.02 Å². The first-order valence-corrected chi connectivity index (χ1v) is 6.26. The van der Waals surface area contributed by atoms with Gasteiger partial charge in [-0.25, -0.2) is 0 Å². The summed E-state index contributed by atoms with van der Waals surface area (Å²) >= 11 is 6.05. The van der Waals surface area contributed by atoms with E-state index in [1.807, 2.05) is 12.1 Å². The average molecular weight is 245 g/mol. The average Bonchev–Trinajstić information content (AvgIpc) is 2.30. The van der Waals surface area contributed by atoms with Crippen molar-refractivity contribution in [2.75, 3.05) is 0 Å². The summed E-state index contributed by atoms with van der Waals surface area (Å²) in [5.74, 6) is 0. The largest absolute Gasteiger partial charge is 0.0843 e. The van der Waals surface area contributed by atoms with Gasteiger partial charge in [-0.05, 0) is 35.1 Å². The van der Waals surface area contributed by atoms with Crippen molar-refractivity contribution in [1.82, 2.24) is 0 Å². The van der Waals surface area contributed by atoms with Crippen molar-refractivity contribution >= 4 is 11.6 Å². The molecule has 0 amide bonds. The van der Waals surface area contributed by atoms with Crippen LogP contribution in [0.5, 0.6) is 0 Å². The highest BCUT2D eigenvalue weighted by Crippen LogP contribution is 2.29. The number of rotatable bonds is 3. The SMILES string of the molecule is CC(C)(Cc1ccccc1)c1cccc(Cl)c1. The lowest BCUT2D eigenvalue weighted by Crippen LogP contribution is -2.20. The molecule has 0 bridgehead atoms. The second kappa shape index (κ2) is 4.93. The Morgan fingerprint density at radius 1 is 0.941 bits per heavy atom. The first kappa shape index (κ1) is 12.2. The Labute approximate surface area is 108 Å². The third kappa shape index (κ3) is 3.10. The van der Waals surface area contributed by atoms with Crippen LogP contribution in [0.25, 0.3) is 0 Å². The lowest BCUT2D eigenvalue weighted by molar-refractivity contribution is 0.522. The van der Waals surface area contributed by atoms with Gasteiger partial charge in [0, 0.05) is 5.02 Å². The minimum atomic E-state index is 0.103. The van der Waals surface area contributed by atoms with Crippen molar-refractivity contribution in [3.63, 3.8) is 0 Å². The zero-order valence-corrected chi connectivity index (χ0v) is 11.0. The minimum Gasteiger partial charge on any atom is -0.0843 e. The molecule has 2 aromatic rings. The molecule has 1 heteroatoms. The van der Waals surface area contributed by atoms with Gasteiger partial charge >= 0.3 is 0 Å². The molecule has 0 spiro atoms. The van der Waals surface area contributed by atoms with Crippen LogP contribution < -0.4 is 0 Å². The summed E-state index contributed by atoms with van der Waals surface area (Å²) < 4.78 is 0. The lowest BCUT2D eigenvalue weighted by Gasteiger charge is -2.25. The molecule has 0 aliphatic rings. The number of benzene rings is 2. The van der Waals surface area contributed by atoms with Crippen LogP contribution in [0.1, 0.15) is 25.0 Å². The van der Waals surface area contributed by atoms with Crippen LogP contribution >= 0.6 is 11.6 Å². The molecule has 88 valence electrons. The van der Waals surface area contributed by atoms with Crippen molar-refractivity contribution in [1.29, 1.82) is 0 Å². The maximum Gasteiger partial charge on any atom is 0.0408 e. The summed E-state index contributed by atoms with van der Waals surface area (Å²) in [5, 5.41) is 0.809. The predicted molar refractivity (Wildman–Crippen MR) is 74.6 cm³/mol. The van der Waals surface area contributed by atoms with Crippen molar-refractivity contribution in [2.24, 2.45) is 0 Å². The van der Waals surface area contributed by atoms with Crippen LogP contribution in [0, 0.1) is 0 Å². The summed E-state index contributed by atoms with van der Waals surface area (Å²) in [6.45, 7) is 4.51. The Morgan fingerprint density at radius 2 is 1.65 bits per heavy atom. The second-order valence-electron chi connectivity index (χ2n) is 5.06. The Morgan fingerprint density at radius 3 is 2.29 bits per heavy atom. The zero-order chi connectivity index (χ0) is 12.3. The van der Waals surface area contributed by atoms with E-state index in [9.17, 15) is 0 Å². The van der Waals surface area contributed by atoms with Crippen LogP contribution in [-0.4, -0.2) is 0 Å². The standard InChI is InChI=1S/C16H17Cl/c1-16(2,12-13-7-4-3-5-8-13)14-9-6-10-15(17)11-14/h3-11H,12H2,1-2H3. The molecule has 0 aliphatic heterocycles.